The fourth-order valence-corrected chi connectivity index (χ4v) is 10.3. The van der Waals surface area contributed by atoms with E-state index in [1.807, 2.05) is 22.7 Å². The molecule has 0 N–H and O–H groups in total. The summed E-state index contributed by atoms with van der Waals surface area (Å²) in [6.45, 7) is 0. The lowest BCUT2D eigenvalue weighted by atomic mass is 10.0. The third-order valence-corrected chi connectivity index (χ3v) is 12.4. The van der Waals surface area contributed by atoms with Crippen LogP contribution in [-0.2, 0) is 0 Å². The molecular formula is C46H28N2S2. The molecule has 0 aliphatic carbocycles. The number of benzene rings is 8. The van der Waals surface area contributed by atoms with Crippen molar-refractivity contribution in [2.45, 2.75) is 0 Å². The summed E-state index contributed by atoms with van der Waals surface area (Å²) in [7, 11) is 0. The Balaban J connectivity index is 1.21. The van der Waals surface area contributed by atoms with Crippen LogP contribution in [0.15, 0.2) is 170 Å². The van der Waals surface area contributed by atoms with Gasteiger partial charge in [-0.3, -0.25) is 0 Å². The molecule has 0 fully saturated rings. The van der Waals surface area contributed by atoms with E-state index in [9.17, 15) is 0 Å². The predicted octanol–water partition coefficient (Wildman–Crippen LogP) is 14.1. The summed E-state index contributed by atoms with van der Waals surface area (Å²) in [4.78, 5) is 2.48. The zero-order valence-electron chi connectivity index (χ0n) is 26.9. The molecule has 3 heterocycles. The summed E-state index contributed by atoms with van der Waals surface area (Å²) in [5.41, 5.74) is 7.00. The maximum absolute atomic E-state index is 2.48. The molecule has 0 unspecified atom stereocenters. The normalized spacial score (nSPS) is 12.0. The molecule has 8 aromatic carbocycles. The maximum Gasteiger partial charge on any atom is 0.0562 e. The van der Waals surface area contributed by atoms with E-state index in [0.717, 1.165) is 22.7 Å². The first-order chi connectivity index (χ1) is 24.8. The second-order valence-corrected chi connectivity index (χ2v) is 15.1. The summed E-state index contributed by atoms with van der Waals surface area (Å²) in [5.74, 6) is 0. The van der Waals surface area contributed by atoms with Crippen LogP contribution in [0.25, 0.3) is 78.6 Å². The molecule has 0 atom stereocenters. The molecule has 0 spiro atoms. The number of thiophene rings is 2. The summed E-state index contributed by atoms with van der Waals surface area (Å²) in [6.07, 6.45) is 0. The Bertz CT molecular complexity index is 3110. The monoisotopic (exact) mass is 672 g/mol. The Morgan fingerprint density at radius 3 is 1.88 bits per heavy atom. The van der Waals surface area contributed by atoms with Crippen molar-refractivity contribution < 1.29 is 0 Å². The zero-order valence-corrected chi connectivity index (χ0v) is 28.5. The van der Waals surface area contributed by atoms with Crippen molar-refractivity contribution in [3.8, 4) is 5.69 Å². The van der Waals surface area contributed by atoms with Crippen LogP contribution in [0.4, 0.5) is 17.1 Å². The third kappa shape index (κ3) is 4.07. The molecule has 4 heteroatoms. The van der Waals surface area contributed by atoms with Gasteiger partial charge in [0.05, 0.1) is 16.7 Å². The molecule has 234 valence electrons. The Labute approximate surface area is 296 Å². The smallest absolute Gasteiger partial charge is 0.0562 e. The van der Waals surface area contributed by atoms with Crippen molar-refractivity contribution in [3.63, 3.8) is 0 Å². The van der Waals surface area contributed by atoms with Gasteiger partial charge in [-0.15, -0.1) is 22.7 Å². The fraction of sp³-hybridized carbons (Fsp3) is 0. The number of fused-ring (bicyclic) bond motifs is 11. The van der Waals surface area contributed by atoms with Crippen LogP contribution in [0.1, 0.15) is 0 Å². The molecule has 2 nitrogen and oxygen atoms in total. The molecule has 3 aromatic heterocycles. The van der Waals surface area contributed by atoms with Crippen LogP contribution in [0.5, 0.6) is 0 Å². The van der Waals surface area contributed by atoms with Gasteiger partial charge in [-0.05, 0) is 83.6 Å². The highest BCUT2D eigenvalue weighted by atomic mass is 32.1. The van der Waals surface area contributed by atoms with Crippen molar-refractivity contribution in [3.05, 3.63) is 170 Å². The number of para-hydroxylation sites is 2. The minimum absolute atomic E-state index is 1.14. The number of hydrogen-bond donors (Lipinski definition) is 0. The van der Waals surface area contributed by atoms with E-state index >= 15 is 0 Å². The second-order valence-electron chi connectivity index (χ2n) is 12.9. The van der Waals surface area contributed by atoms with Gasteiger partial charge in [-0.2, -0.15) is 0 Å². The van der Waals surface area contributed by atoms with E-state index in [-0.39, 0.29) is 0 Å². The number of nitrogens with zero attached hydrogens (tertiary/aromatic N) is 2. The largest absolute Gasteiger partial charge is 0.310 e. The van der Waals surface area contributed by atoms with Gasteiger partial charge < -0.3 is 9.47 Å². The van der Waals surface area contributed by atoms with Crippen LogP contribution in [0.3, 0.4) is 0 Å². The standard InChI is InChI=1S/C46H28N2S2/c1-2-11-30(12-3-1)48-38-16-7-4-14-36(38)46-39(17-10-18-40(46)48)47(32-23-25-35-34-13-5-8-19-41(34)50-44(35)28-32)31-22-24-33-29(27-31)21-26-43-45(33)37-15-6-9-20-42(37)49-43/h1-28H. The summed E-state index contributed by atoms with van der Waals surface area (Å²) < 4.78 is 7.67. The molecular weight excluding hydrogens is 645 g/mol. The van der Waals surface area contributed by atoms with E-state index in [2.05, 4.69) is 179 Å². The van der Waals surface area contributed by atoms with E-state index in [0.29, 0.717) is 0 Å². The minimum atomic E-state index is 1.14. The second kappa shape index (κ2) is 10.8. The first kappa shape index (κ1) is 28.0. The maximum atomic E-state index is 2.48. The van der Waals surface area contributed by atoms with Crippen molar-refractivity contribution in [2.75, 3.05) is 4.90 Å². The molecule has 11 aromatic rings. The van der Waals surface area contributed by atoms with Gasteiger partial charge in [-0.1, -0.05) is 97.1 Å². The highest BCUT2D eigenvalue weighted by Crippen LogP contribution is 2.47. The third-order valence-electron chi connectivity index (χ3n) is 10.2. The summed E-state index contributed by atoms with van der Waals surface area (Å²) >= 11 is 3.74. The van der Waals surface area contributed by atoms with Gasteiger partial charge in [0, 0.05) is 68.2 Å². The average Bonchev–Trinajstić information content (AvgIpc) is 3.85. The van der Waals surface area contributed by atoms with Gasteiger partial charge in [0.25, 0.3) is 0 Å². The van der Waals surface area contributed by atoms with E-state index in [1.165, 1.54) is 72.9 Å². The number of aromatic nitrogens is 1. The Hall–Kier alpha value is -5.94. The zero-order chi connectivity index (χ0) is 32.8. The van der Waals surface area contributed by atoms with Crippen LogP contribution in [0, 0.1) is 0 Å². The SMILES string of the molecule is c1ccc(-n2c3ccccc3c3c(N(c4ccc5c(ccc6sc7ccccc7c65)c4)c4ccc5c(c4)sc4ccccc45)cccc32)cc1. The molecule has 50 heavy (non-hydrogen) atoms. The molecule has 0 amide bonds. The fourth-order valence-electron chi connectivity index (χ4n) is 8.00. The average molecular weight is 673 g/mol. The Kier molecular flexibility index (Phi) is 6.03. The number of rotatable bonds is 4. The summed E-state index contributed by atoms with van der Waals surface area (Å²) in [5, 5.41) is 10.3. The van der Waals surface area contributed by atoms with E-state index < -0.39 is 0 Å². The first-order valence-corrected chi connectivity index (χ1v) is 18.6. The quantitative estimate of drug-likeness (QED) is 0.181. The highest BCUT2D eigenvalue weighted by molar-refractivity contribution is 7.26. The Morgan fingerprint density at radius 1 is 0.380 bits per heavy atom. The number of anilines is 3. The molecule has 0 bridgehead atoms. The molecule has 0 saturated carbocycles. The molecule has 0 radical (unpaired) electrons. The van der Waals surface area contributed by atoms with Crippen molar-refractivity contribution in [1.29, 1.82) is 0 Å². The first-order valence-electron chi connectivity index (χ1n) is 16.9. The van der Waals surface area contributed by atoms with Gasteiger partial charge in [-0.25, -0.2) is 0 Å². The van der Waals surface area contributed by atoms with E-state index in [4.69, 9.17) is 0 Å². The minimum Gasteiger partial charge on any atom is -0.310 e. The van der Waals surface area contributed by atoms with Crippen LogP contribution in [0.2, 0.25) is 0 Å². The summed E-state index contributed by atoms with van der Waals surface area (Å²) in [6, 6.07) is 62.5. The van der Waals surface area contributed by atoms with Crippen molar-refractivity contribution >= 4 is 113 Å². The molecule has 0 saturated heterocycles. The lowest BCUT2D eigenvalue weighted by Gasteiger charge is -2.27. The molecule has 0 aliphatic rings. The molecule has 11 rings (SSSR count). The number of hydrogen-bond acceptors (Lipinski definition) is 3. The van der Waals surface area contributed by atoms with Crippen molar-refractivity contribution in [1.82, 2.24) is 4.57 Å². The van der Waals surface area contributed by atoms with Crippen LogP contribution < -0.4 is 4.90 Å². The van der Waals surface area contributed by atoms with E-state index in [1.54, 1.807) is 0 Å². The van der Waals surface area contributed by atoms with Crippen LogP contribution in [-0.4, -0.2) is 4.57 Å². The lowest BCUT2D eigenvalue weighted by molar-refractivity contribution is 1.18. The topological polar surface area (TPSA) is 8.17 Å². The van der Waals surface area contributed by atoms with Gasteiger partial charge in [0.2, 0.25) is 0 Å². The predicted molar refractivity (Wildman–Crippen MR) is 219 cm³/mol. The van der Waals surface area contributed by atoms with Gasteiger partial charge >= 0.3 is 0 Å². The Morgan fingerprint density at radius 2 is 1.02 bits per heavy atom. The molecule has 0 aliphatic heterocycles. The van der Waals surface area contributed by atoms with Gasteiger partial charge in [0.1, 0.15) is 0 Å². The lowest BCUT2D eigenvalue weighted by Crippen LogP contribution is -2.10. The van der Waals surface area contributed by atoms with Crippen molar-refractivity contribution in [2.24, 2.45) is 0 Å². The highest BCUT2D eigenvalue weighted by Gasteiger charge is 2.22. The van der Waals surface area contributed by atoms with Gasteiger partial charge in [0.15, 0.2) is 0 Å². The van der Waals surface area contributed by atoms with Crippen LogP contribution >= 0.6 is 22.7 Å².